The van der Waals surface area contributed by atoms with Crippen molar-refractivity contribution in [3.63, 3.8) is 0 Å². The highest BCUT2D eigenvalue weighted by atomic mass is 32.2. The van der Waals surface area contributed by atoms with E-state index in [-0.39, 0.29) is 17.0 Å². The molecule has 1 aromatic heterocycles. The first-order valence-corrected chi connectivity index (χ1v) is 10.5. The summed E-state index contributed by atoms with van der Waals surface area (Å²) in [4.78, 5) is 15.4. The minimum Gasteiger partial charge on any atom is -0.322 e. The van der Waals surface area contributed by atoms with Crippen molar-refractivity contribution in [2.45, 2.75) is 38.0 Å². The largest absolute Gasteiger partial charge is 0.322 e. The highest BCUT2D eigenvalue weighted by Crippen LogP contribution is 2.20. The van der Waals surface area contributed by atoms with Gasteiger partial charge < -0.3 is 4.98 Å². The van der Waals surface area contributed by atoms with Crippen molar-refractivity contribution in [3.8, 4) is 0 Å². The molecule has 142 valence electrons. The lowest BCUT2D eigenvalue weighted by molar-refractivity contribution is 0.581. The summed E-state index contributed by atoms with van der Waals surface area (Å²) < 4.78 is 27.5. The van der Waals surface area contributed by atoms with E-state index in [2.05, 4.69) is 29.6 Å². The number of benzene rings is 2. The average Bonchev–Trinajstić information content (AvgIpc) is 2.61. The summed E-state index contributed by atoms with van der Waals surface area (Å²) in [5, 5.41) is 0.956. The number of fused-ring (bicyclic) bond motifs is 1. The monoisotopic (exact) mass is 384 g/mol. The topological polar surface area (TPSA) is 79.0 Å². The number of aryl methyl sites for hydroxylation is 1. The van der Waals surface area contributed by atoms with Crippen LogP contribution in [0.4, 0.5) is 0 Å². The Morgan fingerprint density at radius 1 is 1.07 bits per heavy atom. The predicted molar refractivity (Wildman–Crippen MR) is 109 cm³/mol. The first kappa shape index (κ1) is 19.3. The molecule has 0 fully saturated rings. The average molecular weight is 385 g/mol. The summed E-state index contributed by atoms with van der Waals surface area (Å²) in [6.07, 6.45) is 0.322. The zero-order chi connectivity index (χ0) is 19.6. The zero-order valence-electron chi connectivity index (χ0n) is 15.7. The Morgan fingerprint density at radius 2 is 1.81 bits per heavy atom. The van der Waals surface area contributed by atoms with Gasteiger partial charge in [-0.05, 0) is 60.0 Å². The van der Waals surface area contributed by atoms with E-state index in [9.17, 15) is 13.2 Å². The van der Waals surface area contributed by atoms with Crippen LogP contribution in [0.2, 0.25) is 0 Å². The van der Waals surface area contributed by atoms with Crippen LogP contribution in [-0.4, -0.2) is 19.9 Å². The third kappa shape index (κ3) is 4.28. The van der Waals surface area contributed by atoms with Crippen molar-refractivity contribution in [2.75, 3.05) is 6.54 Å². The number of nitrogens with one attached hydrogen (secondary N) is 2. The van der Waals surface area contributed by atoms with Gasteiger partial charge in [0.1, 0.15) is 0 Å². The van der Waals surface area contributed by atoms with Gasteiger partial charge in [-0.3, -0.25) is 4.79 Å². The summed E-state index contributed by atoms with van der Waals surface area (Å²) in [6.45, 7) is 6.16. The highest BCUT2D eigenvalue weighted by Gasteiger charge is 2.16. The second-order valence-electron chi connectivity index (χ2n) is 7.04. The molecule has 0 unspecified atom stereocenters. The summed E-state index contributed by atoms with van der Waals surface area (Å²) in [5.41, 5.74) is 3.05. The van der Waals surface area contributed by atoms with Crippen LogP contribution in [0.1, 0.15) is 36.5 Å². The third-order valence-electron chi connectivity index (χ3n) is 4.68. The van der Waals surface area contributed by atoms with Gasteiger partial charge in [0.05, 0.1) is 4.90 Å². The molecule has 0 radical (unpaired) electrons. The Balaban J connectivity index is 1.79. The second-order valence-corrected chi connectivity index (χ2v) is 8.77. The molecule has 0 bridgehead atoms. The quantitative estimate of drug-likeness (QED) is 0.683. The number of rotatable bonds is 6. The van der Waals surface area contributed by atoms with Gasteiger partial charge >= 0.3 is 0 Å². The SMILES string of the molecule is Cc1ccccc1S(=O)(=O)NCCc1cc2cc(C(C)C)ccc2[nH]c1=O. The maximum Gasteiger partial charge on any atom is 0.251 e. The van der Waals surface area contributed by atoms with Crippen LogP contribution >= 0.6 is 0 Å². The van der Waals surface area contributed by atoms with Crippen molar-refractivity contribution in [1.29, 1.82) is 0 Å². The van der Waals surface area contributed by atoms with Gasteiger partial charge in [-0.2, -0.15) is 0 Å². The summed E-state index contributed by atoms with van der Waals surface area (Å²) >= 11 is 0. The van der Waals surface area contributed by atoms with Crippen LogP contribution in [0.25, 0.3) is 10.9 Å². The molecule has 2 N–H and O–H groups in total. The fourth-order valence-corrected chi connectivity index (χ4v) is 4.35. The molecule has 0 aliphatic heterocycles. The number of aromatic nitrogens is 1. The van der Waals surface area contributed by atoms with E-state index in [4.69, 9.17) is 0 Å². The van der Waals surface area contributed by atoms with Crippen molar-refractivity contribution in [1.82, 2.24) is 9.71 Å². The van der Waals surface area contributed by atoms with Crippen LogP contribution in [0.3, 0.4) is 0 Å². The number of H-pyrrole nitrogens is 1. The Kier molecular flexibility index (Phi) is 5.48. The number of hydrogen-bond donors (Lipinski definition) is 2. The molecule has 27 heavy (non-hydrogen) atoms. The van der Waals surface area contributed by atoms with E-state index in [0.717, 1.165) is 10.9 Å². The predicted octanol–water partition coefficient (Wildman–Crippen LogP) is 3.48. The van der Waals surface area contributed by atoms with Gasteiger partial charge in [0.2, 0.25) is 10.0 Å². The first-order chi connectivity index (χ1) is 12.8. The first-order valence-electron chi connectivity index (χ1n) is 8.99. The molecule has 0 amide bonds. The lowest BCUT2D eigenvalue weighted by Crippen LogP contribution is -2.28. The van der Waals surface area contributed by atoms with E-state index in [1.807, 2.05) is 18.2 Å². The Bertz CT molecular complexity index is 1130. The molecule has 0 aliphatic rings. The molecule has 2 aromatic carbocycles. The van der Waals surface area contributed by atoms with Crippen LogP contribution in [0, 0.1) is 6.92 Å². The number of sulfonamides is 1. The lowest BCUT2D eigenvalue weighted by atomic mass is 10.0. The standard InChI is InChI=1S/C21H24N2O3S/c1-14(2)16-8-9-19-18(12-16)13-17(21(24)23-19)10-11-22-27(25,26)20-7-5-4-6-15(20)3/h4-9,12-14,22H,10-11H2,1-3H3,(H,23,24). The molecule has 0 saturated heterocycles. The Labute approximate surface area is 159 Å². The molecule has 1 heterocycles. The van der Waals surface area contributed by atoms with Crippen molar-refractivity contribution >= 4 is 20.9 Å². The van der Waals surface area contributed by atoms with Gasteiger partial charge in [0.25, 0.3) is 5.56 Å². The maximum absolute atomic E-state index is 12.5. The normalized spacial score (nSPS) is 12.0. The van der Waals surface area contributed by atoms with Gasteiger partial charge in [-0.15, -0.1) is 0 Å². The fourth-order valence-electron chi connectivity index (χ4n) is 3.07. The molecule has 0 spiro atoms. The van der Waals surface area contributed by atoms with E-state index >= 15 is 0 Å². The fraction of sp³-hybridized carbons (Fsp3) is 0.286. The summed E-state index contributed by atoms with van der Waals surface area (Å²) in [7, 11) is -3.60. The van der Waals surface area contributed by atoms with Crippen molar-refractivity contribution in [2.24, 2.45) is 0 Å². The van der Waals surface area contributed by atoms with E-state index in [0.29, 0.717) is 23.5 Å². The number of pyridine rings is 1. The molecule has 6 heteroatoms. The van der Waals surface area contributed by atoms with Crippen LogP contribution in [0.5, 0.6) is 0 Å². The molecule has 5 nitrogen and oxygen atoms in total. The molecule has 0 aliphatic carbocycles. The molecule has 3 aromatic rings. The smallest absolute Gasteiger partial charge is 0.251 e. The lowest BCUT2D eigenvalue weighted by Gasteiger charge is -2.10. The van der Waals surface area contributed by atoms with E-state index in [1.54, 1.807) is 31.2 Å². The highest BCUT2D eigenvalue weighted by molar-refractivity contribution is 7.89. The number of hydrogen-bond acceptors (Lipinski definition) is 3. The molecular weight excluding hydrogens is 360 g/mol. The summed E-state index contributed by atoms with van der Waals surface area (Å²) in [6, 6.07) is 14.7. The van der Waals surface area contributed by atoms with Gasteiger partial charge in [0, 0.05) is 17.6 Å². The van der Waals surface area contributed by atoms with Gasteiger partial charge in [0.15, 0.2) is 0 Å². The van der Waals surface area contributed by atoms with Crippen LogP contribution < -0.4 is 10.3 Å². The minimum absolute atomic E-state index is 0.162. The van der Waals surface area contributed by atoms with E-state index < -0.39 is 10.0 Å². The van der Waals surface area contributed by atoms with Gasteiger partial charge in [-0.1, -0.05) is 38.1 Å². The van der Waals surface area contributed by atoms with E-state index in [1.165, 1.54) is 5.56 Å². The maximum atomic E-state index is 12.5. The summed E-state index contributed by atoms with van der Waals surface area (Å²) in [5.74, 6) is 0.394. The van der Waals surface area contributed by atoms with Crippen molar-refractivity contribution in [3.05, 3.63) is 75.6 Å². The number of aromatic amines is 1. The second kappa shape index (κ2) is 7.66. The van der Waals surface area contributed by atoms with Gasteiger partial charge in [-0.25, -0.2) is 13.1 Å². The minimum atomic E-state index is -3.60. The molecule has 0 atom stereocenters. The van der Waals surface area contributed by atoms with Crippen LogP contribution in [-0.2, 0) is 16.4 Å². The zero-order valence-corrected chi connectivity index (χ0v) is 16.6. The van der Waals surface area contributed by atoms with Crippen molar-refractivity contribution < 1.29 is 8.42 Å². The Morgan fingerprint density at radius 3 is 2.52 bits per heavy atom. The third-order valence-corrected chi connectivity index (χ3v) is 6.30. The molecule has 3 rings (SSSR count). The molecule has 0 saturated carbocycles. The van der Waals surface area contributed by atoms with Crippen LogP contribution in [0.15, 0.2) is 58.2 Å². The molecular formula is C21H24N2O3S. The Hall–Kier alpha value is -2.44.